The van der Waals surface area contributed by atoms with E-state index in [1.807, 2.05) is 6.92 Å². The summed E-state index contributed by atoms with van der Waals surface area (Å²) in [5, 5.41) is 0. The summed E-state index contributed by atoms with van der Waals surface area (Å²) in [5.41, 5.74) is 1.83. The highest BCUT2D eigenvalue weighted by molar-refractivity contribution is 7.91. The molecule has 0 unspecified atom stereocenters. The van der Waals surface area contributed by atoms with Crippen LogP contribution in [0, 0.1) is 6.92 Å². The van der Waals surface area contributed by atoms with Gasteiger partial charge in [-0.15, -0.1) is 0 Å². The highest BCUT2D eigenvalue weighted by atomic mass is 32.2. The smallest absolute Gasteiger partial charge is 0.341 e. The van der Waals surface area contributed by atoms with Gasteiger partial charge in [-0.2, -0.15) is 0 Å². The summed E-state index contributed by atoms with van der Waals surface area (Å²) < 4.78 is 35.8. The van der Waals surface area contributed by atoms with Crippen molar-refractivity contribution in [2.75, 3.05) is 13.7 Å². The molecule has 120 valence electrons. The van der Waals surface area contributed by atoms with E-state index in [1.54, 1.807) is 30.3 Å². The quantitative estimate of drug-likeness (QED) is 0.808. The lowest BCUT2D eigenvalue weighted by atomic mass is 10.1. The molecule has 0 saturated heterocycles. The van der Waals surface area contributed by atoms with Gasteiger partial charge in [-0.1, -0.05) is 17.7 Å². The van der Waals surface area contributed by atoms with Crippen molar-refractivity contribution in [1.82, 2.24) is 0 Å². The van der Waals surface area contributed by atoms with Gasteiger partial charge in [0.25, 0.3) is 0 Å². The minimum Gasteiger partial charge on any atom is -0.492 e. The highest BCUT2D eigenvalue weighted by Crippen LogP contribution is 2.34. The van der Waals surface area contributed by atoms with E-state index in [2.05, 4.69) is 0 Å². The minimum absolute atomic E-state index is 0.0750. The predicted octanol–water partition coefficient (Wildman–Crippen LogP) is 2.55. The Morgan fingerprint density at radius 1 is 1.13 bits per heavy atom. The number of sulfone groups is 1. The first-order valence-electron chi connectivity index (χ1n) is 7.13. The zero-order valence-corrected chi connectivity index (χ0v) is 13.6. The van der Waals surface area contributed by atoms with Gasteiger partial charge in [0.2, 0.25) is 9.84 Å². The summed E-state index contributed by atoms with van der Waals surface area (Å²) >= 11 is 0. The van der Waals surface area contributed by atoms with Crippen LogP contribution in [0.3, 0.4) is 0 Å². The molecule has 1 heterocycles. The molecule has 0 N–H and O–H groups in total. The van der Waals surface area contributed by atoms with Crippen molar-refractivity contribution < 1.29 is 22.7 Å². The van der Waals surface area contributed by atoms with Crippen LogP contribution in [0.25, 0.3) is 0 Å². The summed E-state index contributed by atoms with van der Waals surface area (Å²) in [6, 6.07) is 9.50. The Balaban J connectivity index is 2.16. The topological polar surface area (TPSA) is 69.7 Å². The van der Waals surface area contributed by atoms with E-state index in [1.165, 1.54) is 13.2 Å². The second-order valence-electron chi connectivity index (χ2n) is 5.37. The van der Waals surface area contributed by atoms with E-state index >= 15 is 0 Å². The molecule has 0 radical (unpaired) electrons. The Hall–Kier alpha value is -2.34. The molecule has 23 heavy (non-hydrogen) atoms. The number of hydrogen-bond acceptors (Lipinski definition) is 5. The maximum absolute atomic E-state index is 12.8. The van der Waals surface area contributed by atoms with E-state index < -0.39 is 15.8 Å². The second-order valence-corrected chi connectivity index (χ2v) is 7.32. The van der Waals surface area contributed by atoms with Gasteiger partial charge in [-0.3, -0.25) is 0 Å². The molecular weight excluding hydrogens is 316 g/mol. The average molecular weight is 332 g/mol. The lowest BCUT2D eigenvalue weighted by Gasteiger charge is -2.10. The fourth-order valence-electron chi connectivity index (χ4n) is 2.55. The maximum Gasteiger partial charge on any atom is 0.341 e. The lowest BCUT2D eigenvalue weighted by Crippen LogP contribution is -2.08. The Morgan fingerprint density at radius 2 is 1.83 bits per heavy atom. The molecule has 0 amide bonds. The summed E-state index contributed by atoms with van der Waals surface area (Å²) in [5.74, 6) is -0.191. The Bertz CT molecular complexity index is 867. The van der Waals surface area contributed by atoms with Crippen molar-refractivity contribution in [2.24, 2.45) is 0 Å². The third-order valence-corrected chi connectivity index (χ3v) is 5.55. The zero-order chi connectivity index (χ0) is 16.6. The number of benzene rings is 2. The Labute approximate surface area is 134 Å². The van der Waals surface area contributed by atoms with Crippen LogP contribution in [0.15, 0.2) is 46.2 Å². The molecule has 2 aromatic rings. The van der Waals surface area contributed by atoms with Crippen LogP contribution in [0.4, 0.5) is 0 Å². The first-order valence-corrected chi connectivity index (χ1v) is 8.61. The van der Waals surface area contributed by atoms with Gasteiger partial charge in [0.05, 0.1) is 23.5 Å². The summed E-state index contributed by atoms with van der Waals surface area (Å²) in [6.45, 7) is 2.31. The first-order chi connectivity index (χ1) is 10.9. The summed E-state index contributed by atoms with van der Waals surface area (Å²) in [4.78, 5) is 12.2. The number of carbonyl (C=O) groups excluding carboxylic acids is 1. The van der Waals surface area contributed by atoms with Crippen molar-refractivity contribution in [3.8, 4) is 5.75 Å². The van der Waals surface area contributed by atoms with Crippen molar-refractivity contribution >= 4 is 15.8 Å². The van der Waals surface area contributed by atoms with Crippen molar-refractivity contribution in [3.63, 3.8) is 0 Å². The van der Waals surface area contributed by atoms with Crippen molar-refractivity contribution in [3.05, 3.63) is 53.1 Å². The van der Waals surface area contributed by atoms with E-state index in [4.69, 9.17) is 9.47 Å². The molecule has 1 aliphatic rings. The third-order valence-electron chi connectivity index (χ3n) is 3.80. The Morgan fingerprint density at radius 3 is 2.48 bits per heavy atom. The molecule has 0 atom stereocenters. The van der Waals surface area contributed by atoms with E-state index in [-0.39, 0.29) is 15.4 Å². The second kappa shape index (κ2) is 5.70. The molecule has 1 aliphatic heterocycles. The van der Waals surface area contributed by atoms with Crippen LogP contribution >= 0.6 is 0 Å². The highest BCUT2D eigenvalue weighted by Gasteiger charge is 2.27. The molecule has 2 aromatic carbocycles. The normalized spacial score (nSPS) is 13.3. The van der Waals surface area contributed by atoms with Gasteiger partial charge < -0.3 is 9.47 Å². The van der Waals surface area contributed by atoms with Crippen LogP contribution < -0.4 is 4.74 Å². The number of fused-ring (bicyclic) bond motifs is 1. The molecule has 3 rings (SSSR count). The van der Waals surface area contributed by atoms with Crippen molar-refractivity contribution in [2.45, 2.75) is 23.1 Å². The standard InChI is InChI=1S/C17H16O5S/c1-11-3-5-13(6-4-11)23(19,20)14-9-12-7-8-22-16(12)15(10-14)17(18)21-2/h3-6,9-10H,7-8H2,1-2H3. The zero-order valence-electron chi connectivity index (χ0n) is 12.8. The number of rotatable bonds is 3. The molecule has 6 heteroatoms. The Kier molecular flexibility index (Phi) is 3.85. The number of carbonyl (C=O) groups is 1. The first kappa shape index (κ1) is 15.6. The number of ether oxygens (including phenoxy) is 2. The molecule has 0 aromatic heterocycles. The summed E-state index contributed by atoms with van der Waals surface area (Å²) in [7, 11) is -2.45. The molecule has 0 bridgehead atoms. The van der Waals surface area contributed by atoms with Gasteiger partial charge in [0, 0.05) is 6.42 Å². The van der Waals surface area contributed by atoms with E-state index in [0.717, 1.165) is 5.56 Å². The number of methoxy groups -OCH3 is 1. The SMILES string of the molecule is COC(=O)c1cc(S(=O)(=O)c2ccc(C)cc2)cc2c1OCC2. The van der Waals surface area contributed by atoms with Crippen LogP contribution in [0.2, 0.25) is 0 Å². The number of esters is 1. The molecule has 0 saturated carbocycles. The lowest BCUT2D eigenvalue weighted by molar-refractivity contribution is 0.0596. The average Bonchev–Trinajstić information content (AvgIpc) is 3.02. The minimum atomic E-state index is -3.70. The fraction of sp³-hybridized carbons (Fsp3) is 0.235. The van der Waals surface area contributed by atoms with Gasteiger partial charge in [0.15, 0.2) is 0 Å². The van der Waals surface area contributed by atoms with E-state index in [0.29, 0.717) is 24.3 Å². The molecular formula is C17H16O5S. The van der Waals surface area contributed by atoms with Crippen molar-refractivity contribution in [1.29, 1.82) is 0 Å². The maximum atomic E-state index is 12.8. The van der Waals surface area contributed by atoms with Crippen LogP contribution in [0.1, 0.15) is 21.5 Å². The molecule has 0 spiro atoms. The molecule has 0 aliphatic carbocycles. The fourth-order valence-corrected chi connectivity index (χ4v) is 3.89. The third kappa shape index (κ3) is 2.70. The van der Waals surface area contributed by atoms with Gasteiger partial charge in [-0.05, 0) is 36.8 Å². The molecule has 0 fully saturated rings. The van der Waals surface area contributed by atoms with Crippen LogP contribution in [-0.2, 0) is 21.0 Å². The van der Waals surface area contributed by atoms with Gasteiger partial charge in [0.1, 0.15) is 11.3 Å². The summed E-state index contributed by atoms with van der Waals surface area (Å²) in [6.07, 6.45) is 0.566. The number of aryl methyl sites for hydroxylation is 1. The molecule has 5 nitrogen and oxygen atoms in total. The van der Waals surface area contributed by atoms with E-state index in [9.17, 15) is 13.2 Å². The van der Waals surface area contributed by atoms with Gasteiger partial charge >= 0.3 is 5.97 Å². The predicted molar refractivity (Wildman–Crippen MR) is 83.6 cm³/mol. The monoisotopic (exact) mass is 332 g/mol. The van der Waals surface area contributed by atoms with Crippen LogP contribution in [-0.4, -0.2) is 28.1 Å². The number of hydrogen-bond donors (Lipinski definition) is 0. The van der Waals surface area contributed by atoms with Crippen LogP contribution in [0.5, 0.6) is 5.75 Å². The van der Waals surface area contributed by atoms with Gasteiger partial charge in [-0.25, -0.2) is 13.2 Å². The largest absolute Gasteiger partial charge is 0.492 e.